The number of nitrogens with one attached hydrogen (secondary N) is 1. The zero-order chi connectivity index (χ0) is 15.5. The Morgan fingerprint density at radius 1 is 1.38 bits per heavy atom. The molecule has 1 aliphatic rings. The Morgan fingerprint density at radius 2 is 2.05 bits per heavy atom. The van der Waals surface area contributed by atoms with E-state index in [0.717, 1.165) is 11.1 Å². The Hall–Kier alpha value is -1.44. The maximum absolute atomic E-state index is 12.5. The van der Waals surface area contributed by atoms with Crippen LogP contribution in [0.25, 0.3) is 0 Å². The molecule has 0 spiro atoms. The second-order valence-electron chi connectivity index (χ2n) is 5.27. The van der Waals surface area contributed by atoms with E-state index in [1.54, 1.807) is 6.07 Å². The first kappa shape index (κ1) is 15.9. The number of hydrogen-bond acceptors (Lipinski definition) is 4. The molecule has 1 heterocycles. The van der Waals surface area contributed by atoms with Crippen molar-refractivity contribution < 1.29 is 13.2 Å². The quantitative estimate of drug-likeness (QED) is 0.811. The summed E-state index contributed by atoms with van der Waals surface area (Å²) in [6.07, 6.45) is 0.650. The van der Waals surface area contributed by atoms with Crippen molar-refractivity contribution in [1.29, 1.82) is 0 Å². The Morgan fingerprint density at radius 3 is 2.67 bits per heavy atom. The van der Waals surface area contributed by atoms with Gasteiger partial charge in [0.2, 0.25) is 15.9 Å². The van der Waals surface area contributed by atoms with Crippen molar-refractivity contribution in [3.05, 3.63) is 35.4 Å². The van der Waals surface area contributed by atoms with Crippen molar-refractivity contribution >= 4 is 15.9 Å². The third-order valence-corrected chi connectivity index (χ3v) is 5.42. The Kier molecular flexibility index (Phi) is 4.97. The molecule has 1 aromatic carbocycles. The van der Waals surface area contributed by atoms with Gasteiger partial charge in [0, 0.05) is 32.6 Å². The first-order valence-corrected chi connectivity index (χ1v) is 8.55. The van der Waals surface area contributed by atoms with Gasteiger partial charge in [-0.15, -0.1) is 0 Å². The lowest BCUT2D eigenvalue weighted by Crippen LogP contribution is -2.37. The Labute approximate surface area is 125 Å². The number of benzene rings is 1. The minimum Gasteiger partial charge on any atom is -0.352 e. The molecule has 1 amide bonds. The van der Waals surface area contributed by atoms with Gasteiger partial charge in [-0.25, -0.2) is 8.42 Å². The van der Waals surface area contributed by atoms with Gasteiger partial charge in [0.1, 0.15) is 0 Å². The van der Waals surface area contributed by atoms with E-state index in [0.29, 0.717) is 26.1 Å². The average molecular weight is 311 g/mol. The van der Waals surface area contributed by atoms with E-state index >= 15 is 0 Å². The van der Waals surface area contributed by atoms with Crippen LogP contribution in [-0.4, -0.2) is 37.8 Å². The number of nitrogens with zero attached hydrogens (tertiary/aromatic N) is 1. The number of sulfonamides is 1. The molecule has 0 saturated carbocycles. The molecule has 0 aromatic heterocycles. The van der Waals surface area contributed by atoms with Crippen molar-refractivity contribution in [3.8, 4) is 0 Å². The molecule has 1 atom stereocenters. The maximum atomic E-state index is 12.5. The molecular weight excluding hydrogens is 290 g/mol. The highest BCUT2D eigenvalue weighted by atomic mass is 32.2. The number of rotatable bonds is 5. The minimum absolute atomic E-state index is 0.0484. The molecule has 1 aromatic rings. The zero-order valence-corrected chi connectivity index (χ0v) is 12.9. The smallest absolute Gasteiger partial charge is 0.218 e. The monoisotopic (exact) mass is 311 g/mol. The lowest BCUT2D eigenvalue weighted by atomic mass is 10.1. The van der Waals surface area contributed by atoms with Crippen LogP contribution in [0.1, 0.15) is 24.5 Å². The van der Waals surface area contributed by atoms with Gasteiger partial charge in [-0.3, -0.25) is 4.79 Å². The Bertz CT molecular complexity index is 616. The van der Waals surface area contributed by atoms with Crippen LogP contribution in [0.4, 0.5) is 0 Å². The van der Waals surface area contributed by atoms with Crippen LogP contribution in [0, 0.1) is 0 Å². The third kappa shape index (κ3) is 4.03. The topological polar surface area (TPSA) is 92.5 Å². The van der Waals surface area contributed by atoms with Crippen LogP contribution in [-0.2, 0) is 27.1 Å². The molecule has 3 N–H and O–H groups in total. The lowest BCUT2D eigenvalue weighted by Gasteiger charge is -2.18. The summed E-state index contributed by atoms with van der Waals surface area (Å²) < 4.78 is 26.4. The van der Waals surface area contributed by atoms with Gasteiger partial charge in [-0.1, -0.05) is 24.3 Å². The number of carbonyl (C=O) groups is 1. The van der Waals surface area contributed by atoms with Gasteiger partial charge in [0.05, 0.1) is 5.75 Å². The number of nitrogens with two attached hydrogens (primary N) is 1. The molecule has 0 radical (unpaired) electrons. The second kappa shape index (κ2) is 6.55. The van der Waals surface area contributed by atoms with Gasteiger partial charge in [0.25, 0.3) is 0 Å². The predicted octanol–water partition coefficient (Wildman–Crippen LogP) is 0.186. The van der Waals surface area contributed by atoms with Crippen LogP contribution in [0.3, 0.4) is 0 Å². The number of hydrogen-bond donors (Lipinski definition) is 2. The zero-order valence-electron chi connectivity index (χ0n) is 12.1. The number of amides is 1. The van der Waals surface area contributed by atoms with Crippen LogP contribution >= 0.6 is 0 Å². The molecule has 21 heavy (non-hydrogen) atoms. The predicted molar refractivity (Wildman–Crippen MR) is 80.8 cm³/mol. The highest BCUT2D eigenvalue weighted by Crippen LogP contribution is 2.19. The molecule has 116 valence electrons. The van der Waals surface area contributed by atoms with Crippen molar-refractivity contribution in [2.24, 2.45) is 5.73 Å². The summed E-state index contributed by atoms with van der Waals surface area (Å²) in [5.41, 5.74) is 7.23. The summed E-state index contributed by atoms with van der Waals surface area (Å²) >= 11 is 0. The largest absolute Gasteiger partial charge is 0.352 e. The normalized spacial score (nSPS) is 19.6. The van der Waals surface area contributed by atoms with E-state index in [1.807, 2.05) is 18.2 Å². The van der Waals surface area contributed by atoms with E-state index in [9.17, 15) is 13.2 Å². The van der Waals surface area contributed by atoms with E-state index < -0.39 is 10.0 Å². The van der Waals surface area contributed by atoms with Crippen LogP contribution in [0.2, 0.25) is 0 Å². The highest BCUT2D eigenvalue weighted by Gasteiger charge is 2.31. The molecule has 1 unspecified atom stereocenters. The molecule has 1 aliphatic heterocycles. The van der Waals surface area contributed by atoms with Gasteiger partial charge in [-0.05, 0) is 17.5 Å². The summed E-state index contributed by atoms with van der Waals surface area (Å²) in [5, 5.41) is 2.77. The van der Waals surface area contributed by atoms with Crippen molar-refractivity contribution in [3.63, 3.8) is 0 Å². The summed E-state index contributed by atoms with van der Waals surface area (Å²) in [7, 11) is -3.39. The van der Waals surface area contributed by atoms with Gasteiger partial charge < -0.3 is 11.1 Å². The fourth-order valence-corrected chi connectivity index (χ4v) is 4.22. The molecule has 0 bridgehead atoms. The van der Waals surface area contributed by atoms with E-state index in [2.05, 4.69) is 5.32 Å². The SMILES string of the molecule is CC(=O)NC1CCN(S(=O)(=O)Cc2ccccc2CN)C1. The number of carbonyl (C=O) groups excluding carboxylic acids is 1. The van der Waals surface area contributed by atoms with Crippen molar-refractivity contribution in [2.45, 2.75) is 31.7 Å². The first-order chi connectivity index (χ1) is 9.92. The molecule has 6 nitrogen and oxygen atoms in total. The van der Waals surface area contributed by atoms with Crippen molar-refractivity contribution in [1.82, 2.24) is 9.62 Å². The average Bonchev–Trinajstić information content (AvgIpc) is 2.87. The highest BCUT2D eigenvalue weighted by molar-refractivity contribution is 7.88. The van der Waals surface area contributed by atoms with Crippen molar-refractivity contribution in [2.75, 3.05) is 13.1 Å². The van der Waals surface area contributed by atoms with E-state index in [4.69, 9.17) is 5.73 Å². The molecule has 7 heteroatoms. The van der Waals surface area contributed by atoms with Crippen LogP contribution in [0.15, 0.2) is 24.3 Å². The Balaban J connectivity index is 2.07. The van der Waals surface area contributed by atoms with Gasteiger partial charge >= 0.3 is 0 Å². The first-order valence-electron chi connectivity index (χ1n) is 6.94. The maximum Gasteiger partial charge on any atom is 0.218 e. The molecule has 1 saturated heterocycles. The molecule has 0 aliphatic carbocycles. The molecule has 2 rings (SSSR count). The van der Waals surface area contributed by atoms with Crippen LogP contribution < -0.4 is 11.1 Å². The summed E-state index contributed by atoms with van der Waals surface area (Å²) in [5.74, 6) is -0.180. The second-order valence-corrected chi connectivity index (χ2v) is 7.24. The standard InChI is InChI=1S/C14H21N3O3S/c1-11(18)16-14-6-7-17(9-14)21(19,20)10-13-5-3-2-4-12(13)8-15/h2-5,14H,6-10,15H2,1H3,(H,16,18). The summed E-state index contributed by atoms with van der Waals surface area (Å²) in [4.78, 5) is 11.0. The summed E-state index contributed by atoms with van der Waals surface area (Å²) in [6.45, 7) is 2.54. The fraction of sp³-hybridized carbons (Fsp3) is 0.500. The van der Waals surface area contributed by atoms with E-state index in [1.165, 1.54) is 11.2 Å². The third-order valence-electron chi connectivity index (χ3n) is 3.63. The summed E-state index contributed by atoms with van der Waals surface area (Å²) in [6, 6.07) is 7.20. The molecular formula is C14H21N3O3S. The van der Waals surface area contributed by atoms with Crippen LogP contribution in [0.5, 0.6) is 0 Å². The minimum atomic E-state index is -3.39. The van der Waals surface area contributed by atoms with Gasteiger partial charge in [0.15, 0.2) is 0 Å². The molecule has 1 fully saturated rings. The lowest BCUT2D eigenvalue weighted by molar-refractivity contribution is -0.119. The van der Waals surface area contributed by atoms with Gasteiger partial charge in [-0.2, -0.15) is 4.31 Å². The fourth-order valence-electron chi connectivity index (χ4n) is 2.57. The van der Waals surface area contributed by atoms with E-state index in [-0.39, 0.29) is 17.7 Å².